The second-order valence-electron chi connectivity index (χ2n) is 10.3. The van der Waals surface area contributed by atoms with E-state index in [1.165, 1.54) is 16.1 Å². The molecule has 0 saturated carbocycles. The van der Waals surface area contributed by atoms with Gasteiger partial charge >= 0.3 is 0 Å². The molecule has 3 aromatic carbocycles. The fourth-order valence-electron chi connectivity index (χ4n) is 5.07. The molecule has 0 spiro atoms. The standard InChI is InChI=1S/C33H34N4O3S3/c1-4-19-35(20-5-2)43(39,40)29-18-12-15-26(21-29)31-27(23-36(34-31)28-16-10-7-11-17-28)22-30-32(38)37(33(41)42-30)24(3)25-13-8-6-9-14-25/h6-18,21-24H,4-5,19-20H2,1-3H3. The van der Waals surface area contributed by atoms with Crippen molar-refractivity contribution in [2.75, 3.05) is 13.1 Å². The summed E-state index contributed by atoms with van der Waals surface area (Å²) in [5, 5.41) is 4.88. The molecule has 0 aliphatic carbocycles. The van der Waals surface area contributed by atoms with Gasteiger partial charge in [0.1, 0.15) is 10.0 Å². The van der Waals surface area contributed by atoms with E-state index in [0.717, 1.165) is 24.1 Å². The number of aromatic nitrogens is 2. The van der Waals surface area contributed by atoms with Crippen LogP contribution in [-0.2, 0) is 14.8 Å². The van der Waals surface area contributed by atoms with Crippen LogP contribution in [0.25, 0.3) is 23.0 Å². The molecule has 0 N–H and O–H groups in total. The lowest BCUT2D eigenvalue weighted by Crippen LogP contribution is -2.32. The first-order chi connectivity index (χ1) is 20.7. The van der Waals surface area contributed by atoms with Crippen molar-refractivity contribution in [3.63, 3.8) is 0 Å². The van der Waals surface area contributed by atoms with Gasteiger partial charge in [0.05, 0.1) is 21.5 Å². The molecule has 4 aromatic rings. The number of para-hydroxylation sites is 1. The zero-order valence-electron chi connectivity index (χ0n) is 24.4. The van der Waals surface area contributed by atoms with Gasteiger partial charge < -0.3 is 0 Å². The Morgan fingerprint density at radius 2 is 1.60 bits per heavy atom. The maximum absolute atomic E-state index is 13.7. The molecule has 1 unspecified atom stereocenters. The third kappa shape index (κ3) is 6.52. The van der Waals surface area contributed by atoms with Gasteiger partial charge in [-0.3, -0.25) is 9.69 Å². The number of sulfonamides is 1. The number of carbonyl (C=O) groups is 1. The summed E-state index contributed by atoms with van der Waals surface area (Å²) >= 11 is 6.92. The van der Waals surface area contributed by atoms with Crippen molar-refractivity contribution in [1.82, 2.24) is 19.0 Å². The number of hydrogen-bond acceptors (Lipinski definition) is 6. The monoisotopic (exact) mass is 630 g/mol. The Morgan fingerprint density at radius 3 is 2.26 bits per heavy atom. The summed E-state index contributed by atoms with van der Waals surface area (Å²) in [4.78, 5) is 16.0. The minimum Gasteiger partial charge on any atom is -0.286 e. The van der Waals surface area contributed by atoms with Crippen molar-refractivity contribution >= 4 is 50.3 Å². The first kappa shape index (κ1) is 30.9. The summed E-state index contributed by atoms with van der Waals surface area (Å²) in [6, 6.07) is 26.1. The van der Waals surface area contributed by atoms with Crippen LogP contribution in [0.2, 0.25) is 0 Å². The summed E-state index contributed by atoms with van der Waals surface area (Å²) in [6.07, 6.45) is 5.12. The van der Waals surface area contributed by atoms with E-state index >= 15 is 0 Å². The van der Waals surface area contributed by atoms with E-state index in [9.17, 15) is 13.2 Å². The molecule has 1 aliphatic rings. The maximum Gasteiger partial charge on any atom is 0.266 e. The molecule has 1 atom stereocenters. The Kier molecular flexibility index (Phi) is 9.61. The van der Waals surface area contributed by atoms with Gasteiger partial charge in [-0.05, 0) is 55.7 Å². The molecule has 1 saturated heterocycles. The smallest absolute Gasteiger partial charge is 0.266 e. The summed E-state index contributed by atoms with van der Waals surface area (Å²) in [5.41, 5.74) is 3.73. The molecular weight excluding hydrogens is 597 g/mol. The molecular formula is C33H34N4O3S3. The van der Waals surface area contributed by atoms with E-state index < -0.39 is 10.0 Å². The highest BCUT2D eigenvalue weighted by atomic mass is 32.2. The van der Waals surface area contributed by atoms with Crippen LogP contribution in [-0.4, -0.2) is 50.7 Å². The number of thioether (sulfide) groups is 1. The molecule has 43 heavy (non-hydrogen) atoms. The van der Waals surface area contributed by atoms with Crippen LogP contribution < -0.4 is 0 Å². The Bertz CT molecular complexity index is 1750. The van der Waals surface area contributed by atoms with Crippen molar-refractivity contribution in [3.05, 3.63) is 107 Å². The highest BCUT2D eigenvalue weighted by Gasteiger charge is 2.36. The van der Waals surface area contributed by atoms with Crippen molar-refractivity contribution in [1.29, 1.82) is 0 Å². The van der Waals surface area contributed by atoms with Crippen LogP contribution in [0.4, 0.5) is 0 Å². The van der Waals surface area contributed by atoms with E-state index in [2.05, 4.69) is 0 Å². The minimum atomic E-state index is -3.69. The summed E-state index contributed by atoms with van der Waals surface area (Å²) in [6.45, 7) is 6.82. The Balaban J connectivity index is 1.57. The predicted octanol–water partition coefficient (Wildman–Crippen LogP) is 7.31. The normalized spacial score (nSPS) is 15.5. The number of thiocarbonyl (C=S) groups is 1. The van der Waals surface area contributed by atoms with Crippen LogP contribution in [0, 0.1) is 0 Å². The number of amides is 1. The van der Waals surface area contributed by atoms with Gasteiger partial charge in [-0.1, -0.05) is 98.5 Å². The average Bonchev–Trinajstić information content (AvgIpc) is 3.57. The second-order valence-corrected chi connectivity index (χ2v) is 13.9. The molecule has 1 aromatic heterocycles. The van der Waals surface area contributed by atoms with Crippen molar-refractivity contribution in [2.45, 2.75) is 44.6 Å². The molecule has 222 valence electrons. The molecule has 1 amide bonds. The molecule has 10 heteroatoms. The number of carbonyl (C=O) groups excluding carboxylic acids is 1. The third-order valence-electron chi connectivity index (χ3n) is 7.23. The zero-order chi connectivity index (χ0) is 30.6. The summed E-state index contributed by atoms with van der Waals surface area (Å²) < 4.78 is 31.0. The van der Waals surface area contributed by atoms with Gasteiger partial charge in [-0.2, -0.15) is 9.40 Å². The summed E-state index contributed by atoms with van der Waals surface area (Å²) in [5.74, 6) is -0.170. The number of nitrogens with zero attached hydrogens (tertiary/aromatic N) is 4. The van der Waals surface area contributed by atoms with Gasteiger partial charge in [-0.15, -0.1) is 0 Å². The first-order valence-corrected chi connectivity index (χ1v) is 17.0. The lowest BCUT2D eigenvalue weighted by molar-refractivity contribution is -0.123. The van der Waals surface area contributed by atoms with E-state index in [-0.39, 0.29) is 16.8 Å². The van der Waals surface area contributed by atoms with Crippen molar-refractivity contribution in [2.24, 2.45) is 0 Å². The van der Waals surface area contributed by atoms with Gasteiger partial charge in [0.15, 0.2) is 0 Å². The molecule has 1 aliphatic heterocycles. The van der Waals surface area contributed by atoms with E-state index in [1.54, 1.807) is 33.9 Å². The Hall–Kier alpha value is -3.57. The van der Waals surface area contributed by atoms with Crippen molar-refractivity contribution in [3.8, 4) is 16.9 Å². The zero-order valence-corrected chi connectivity index (χ0v) is 26.8. The van der Waals surface area contributed by atoms with Crippen LogP contribution >= 0.6 is 24.0 Å². The Morgan fingerprint density at radius 1 is 0.953 bits per heavy atom. The predicted molar refractivity (Wildman–Crippen MR) is 178 cm³/mol. The largest absolute Gasteiger partial charge is 0.286 e. The van der Waals surface area contributed by atoms with Gasteiger partial charge in [0.25, 0.3) is 5.91 Å². The van der Waals surface area contributed by atoms with Gasteiger partial charge in [0, 0.05) is 30.4 Å². The lowest BCUT2D eigenvalue weighted by atomic mass is 10.1. The van der Waals surface area contributed by atoms with Crippen LogP contribution in [0.3, 0.4) is 0 Å². The maximum atomic E-state index is 13.7. The number of rotatable bonds is 11. The molecule has 0 radical (unpaired) electrons. The van der Waals surface area contributed by atoms with Crippen LogP contribution in [0.1, 0.15) is 50.8 Å². The topological polar surface area (TPSA) is 75.5 Å². The Labute approximate surface area is 263 Å². The molecule has 1 fully saturated rings. The fourth-order valence-corrected chi connectivity index (χ4v) is 8.15. The minimum absolute atomic E-state index is 0.170. The number of benzene rings is 3. The second kappa shape index (κ2) is 13.4. The van der Waals surface area contributed by atoms with Gasteiger partial charge in [0.2, 0.25) is 10.0 Å². The fraction of sp³-hybridized carbons (Fsp3) is 0.242. The average molecular weight is 631 g/mol. The molecule has 7 nitrogen and oxygen atoms in total. The first-order valence-electron chi connectivity index (χ1n) is 14.3. The van der Waals surface area contributed by atoms with Crippen LogP contribution in [0.5, 0.6) is 0 Å². The van der Waals surface area contributed by atoms with E-state index in [1.807, 2.05) is 93.7 Å². The van der Waals surface area contributed by atoms with E-state index in [0.29, 0.717) is 39.1 Å². The number of hydrogen-bond donors (Lipinski definition) is 0. The lowest BCUT2D eigenvalue weighted by Gasteiger charge is -2.23. The molecule has 0 bridgehead atoms. The SMILES string of the molecule is CCCN(CCC)S(=O)(=O)c1cccc(-c2nn(-c3ccccc3)cc2C=C2SC(=S)N(C(C)c3ccccc3)C2=O)c1. The van der Waals surface area contributed by atoms with Crippen molar-refractivity contribution < 1.29 is 13.2 Å². The highest BCUT2D eigenvalue weighted by molar-refractivity contribution is 8.26. The quantitative estimate of drug-likeness (QED) is 0.128. The summed E-state index contributed by atoms with van der Waals surface area (Å²) in [7, 11) is -3.69. The third-order valence-corrected chi connectivity index (χ3v) is 10.5. The van der Waals surface area contributed by atoms with E-state index in [4.69, 9.17) is 17.3 Å². The molecule has 5 rings (SSSR count). The molecule has 2 heterocycles. The highest BCUT2D eigenvalue weighted by Crippen LogP contribution is 2.39. The van der Waals surface area contributed by atoms with Gasteiger partial charge in [-0.25, -0.2) is 13.1 Å². The van der Waals surface area contributed by atoms with Crippen LogP contribution in [0.15, 0.2) is 101 Å².